The van der Waals surface area contributed by atoms with Crippen molar-refractivity contribution < 1.29 is 4.74 Å². The van der Waals surface area contributed by atoms with Crippen molar-refractivity contribution in [1.29, 1.82) is 0 Å². The molecule has 114 valence electrons. The standard InChI is InChI=1S/C10H13NO.C8H8N2/c1-8(11-2)9-6-4-5-7-10(9)12-3;1-10-6-9-7-4-2-3-5-8(7)10/h4-8H,2H2,1,3H3;2-6H,1H3. The van der Waals surface area contributed by atoms with E-state index in [1.807, 2.05) is 67.3 Å². The van der Waals surface area contributed by atoms with Gasteiger partial charge in [0.2, 0.25) is 0 Å². The van der Waals surface area contributed by atoms with Crippen LogP contribution in [0.1, 0.15) is 18.5 Å². The molecule has 4 heteroatoms. The van der Waals surface area contributed by atoms with Crippen molar-refractivity contribution in [3.05, 3.63) is 60.4 Å². The van der Waals surface area contributed by atoms with Crippen LogP contribution in [0.4, 0.5) is 0 Å². The van der Waals surface area contributed by atoms with Gasteiger partial charge in [-0.3, -0.25) is 4.99 Å². The van der Waals surface area contributed by atoms with Gasteiger partial charge in [0.25, 0.3) is 0 Å². The number of para-hydroxylation sites is 3. The topological polar surface area (TPSA) is 39.4 Å². The van der Waals surface area contributed by atoms with E-state index in [9.17, 15) is 0 Å². The summed E-state index contributed by atoms with van der Waals surface area (Å²) in [4.78, 5) is 8.12. The smallest absolute Gasteiger partial charge is 0.124 e. The van der Waals surface area contributed by atoms with Crippen molar-refractivity contribution in [3.63, 3.8) is 0 Å². The van der Waals surface area contributed by atoms with Crippen LogP contribution in [-0.4, -0.2) is 23.4 Å². The maximum Gasteiger partial charge on any atom is 0.124 e. The molecular formula is C18H21N3O. The van der Waals surface area contributed by atoms with E-state index in [2.05, 4.69) is 22.8 Å². The highest BCUT2D eigenvalue weighted by Gasteiger charge is 2.06. The second-order valence-electron chi connectivity index (χ2n) is 4.94. The summed E-state index contributed by atoms with van der Waals surface area (Å²) in [7, 11) is 3.66. The SMILES string of the molecule is C=NC(C)c1ccccc1OC.Cn1cnc2ccccc21. The number of nitrogens with zero attached hydrogens (tertiary/aromatic N) is 3. The van der Waals surface area contributed by atoms with E-state index in [4.69, 9.17) is 4.74 Å². The van der Waals surface area contributed by atoms with Gasteiger partial charge in [0.15, 0.2) is 0 Å². The van der Waals surface area contributed by atoms with Crippen LogP contribution in [0.3, 0.4) is 0 Å². The lowest BCUT2D eigenvalue weighted by atomic mass is 10.1. The third-order valence-corrected chi connectivity index (χ3v) is 3.49. The van der Waals surface area contributed by atoms with E-state index in [-0.39, 0.29) is 6.04 Å². The van der Waals surface area contributed by atoms with Crippen molar-refractivity contribution >= 4 is 17.8 Å². The van der Waals surface area contributed by atoms with Crippen molar-refractivity contribution in [2.75, 3.05) is 7.11 Å². The van der Waals surface area contributed by atoms with E-state index in [0.717, 1.165) is 16.8 Å². The van der Waals surface area contributed by atoms with Gasteiger partial charge in [-0.1, -0.05) is 30.3 Å². The van der Waals surface area contributed by atoms with E-state index in [1.165, 1.54) is 5.52 Å². The highest BCUT2D eigenvalue weighted by Crippen LogP contribution is 2.26. The Hall–Kier alpha value is -2.62. The molecule has 3 aromatic rings. The molecule has 0 aliphatic rings. The van der Waals surface area contributed by atoms with E-state index >= 15 is 0 Å². The Morgan fingerprint density at radius 2 is 1.82 bits per heavy atom. The minimum absolute atomic E-state index is 0.0983. The average Bonchev–Trinajstić information content (AvgIpc) is 2.96. The number of aromatic nitrogens is 2. The van der Waals surface area contributed by atoms with Gasteiger partial charge in [-0.05, 0) is 31.8 Å². The lowest BCUT2D eigenvalue weighted by Crippen LogP contribution is -1.93. The Morgan fingerprint density at radius 3 is 2.50 bits per heavy atom. The summed E-state index contributed by atoms with van der Waals surface area (Å²) in [6, 6.07) is 16.0. The fourth-order valence-corrected chi connectivity index (χ4v) is 2.19. The van der Waals surface area contributed by atoms with Crippen LogP contribution in [0.25, 0.3) is 11.0 Å². The molecule has 0 aliphatic heterocycles. The number of hydrogen-bond acceptors (Lipinski definition) is 3. The Labute approximate surface area is 131 Å². The Bertz CT molecular complexity index is 749. The van der Waals surface area contributed by atoms with Crippen LogP contribution in [0.5, 0.6) is 5.75 Å². The maximum atomic E-state index is 5.18. The molecule has 0 radical (unpaired) electrons. The van der Waals surface area contributed by atoms with Crippen molar-refractivity contribution in [2.24, 2.45) is 12.0 Å². The molecule has 3 rings (SSSR count). The first-order valence-electron chi connectivity index (χ1n) is 7.12. The minimum atomic E-state index is 0.0983. The highest BCUT2D eigenvalue weighted by atomic mass is 16.5. The molecule has 0 fully saturated rings. The second-order valence-corrected chi connectivity index (χ2v) is 4.94. The quantitative estimate of drug-likeness (QED) is 0.684. The zero-order chi connectivity index (χ0) is 15.9. The van der Waals surface area contributed by atoms with Gasteiger partial charge in [-0.2, -0.15) is 0 Å². The van der Waals surface area contributed by atoms with Crippen LogP contribution in [0, 0.1) is 0 Å². The molecule has 0 amide bonds. The molecule has 0 bridgehead atoms. The van der Waals surface area contributed by atoms with Crippen molar-refractivity contribution in [1.82, 2.24) is 9.55 Å². The summed E-state index contributed by atoms with van der Waals surface area (Å²) in [6.07, 6.45) is 1.82. The summed E-state index contributed by atoms with van der Waals surface area (Å²) in [5, 5.41) is 0. The first-order chi connectivity index (χ1) is 10.7. The molecule has 22 heavy (non-hydrogen) atoms. The number of ether oxygens (including phenoxy) is 1. The Balaban J connectivity index is 0.000000162. The number of hydrogen-bond donors (Lipinski definition) is 0. The number of benzene rings is 2. The summed E-state index contributed by atoms with van der Waals surface area (Å²) in [5.74, 6) is 0.873. The number of fused-ring (bicyclic) bond motifs is 1. The lowest BCUT2D eigenvalue weighted by molar-refractivity contribution is 0.407. The molecule has 1 unspecified atom stereocenters. The molecule has 0 spiro atoms. The molecule has 0 aliphatic carbocycles. The zero-order valence-electron chi connectivity index (χ0n) is 13.2. The molecule has 4 nitrogen and oxygen atoms in total. The number of aryl methyl sites for hydroxylation is 1. The van der Waals surface area contributed by atoms with Gasteiger partial charge >= 0.3 is 0 Å². The third kappa shape index (κ3) is 3.52. The van der Waals surface area contributed by atoms with Gasteiger partial charge in [-0.25, -0.2) is 4.98 Å². The molecule has 2 aromatic carbocycles. The molecular weight excluding hydrogens is 274 g/mol. The van der Waals surface area contributed by atoms with Gasteiger partial charge in [0, 0.05) is 12.6 Å². The molecule has 0 N–H and O–H groups in total. The number of aliphatic imine (C=N–C) groups is 1. The first kappa shape index (κ1) is 15.8. The number of rotatable bonds is 3. The van der Waals surface area contributed by atoms with E-state index < -0.39 is 0 Å². The second kappa shape index (κ2) is 7.41. The van der Waals surface area contributed by atoms with E-state index in [1.54, 1.807) is 7.11 Å². The van der Waals surface area contributed by atoms with Crippen molar-refractivity contribution in [2.45, 2.75) is 13.0 Å². The monoisotopic (exact) mass is 295 g/mol. The van der Waals surface area contributed by atoms with Gasteiger partial charge in [-0.15, -0.1) is 0 Å². The predicted octanol–water partition coefficient (Wildman–Crippen LogP) is 4.03. The summed E-state index contributed by atoms with van der Waals surface area (Å²) < 4.78 is 7.19. The van der Waals surface area contributed by atoms with Crippen LogP contribution in [0.2, 0.25) is 0 Å². The van der Waals surface area contributed by atoms with Crippen LogP contribution in [-0.2, 0) is 7.05 Å². The van der Waals surface area contributed by atoms with Gasteiger partial charge < -0.3 is 9.30 Å². The number of imidazole rings is 1. The van der Waals surface area contributed by atoms with Crippen LogP contribution >= 0.6 is 0 Å². The predicted molar refractivity (Wildman–Crippen MR) is 91.7 cm³/mol. The van der Waals surface area contributed by atoms with Crippen LogP contribution in [0.15, 0.2) is 59.9 Å². The molecule has 1 aromatic heterocycles. The van der Waals surface area contributed by atoms with Gasteiger partial charge in [0.05, 0.1) is 30.5 Å². The summed E-state index contributed by atoms with van der Waals surface area (Å²) >= 11 is 0. The largest absolute Gasteiger partial charge is 0.496 e. The molecule has 0 saturated carbocycles. The normalized spacial score (nSPS) is 11.4. The maximum absolute atomic E-state index is 5.18. The molecule has 0 saturated heterocycles. The van der Waals surface area contributed by atoms with E-state index in [0.29, 0.717) is 0 Å². The summed E-state index contributed by atoms with van der Waals surface area (Å²) in [6.45, 7) is 5.50. The Kier molecular flexibility index (Phi) is 5.31. The first-order valence-corrected chi connectivity index (χ1v) is 7.12. The fraction of sp³-hybridized carbons (Fsp3) is 0.222. The third-order valence-electron chi connectivity index (χ3n) is 3.49. The number of methoxy groups -OCH3 is 1. The zero-order valence-corrected chi connectivity index (χ0v) is 13.2. The van der Waals surface area contributed by atoms with Crippen molar-refractivity contribution in [3.8, 4) is 5.75 Å². The minimum Gasteiger partial charge on any atom is -0.496 e. The average molecular weight is 295 g/mol. The molecule has 1 atom stereocenters. The highest BCUT2D eigenvalue weighted by molar-refractivity contribution is 5.74. The fourth-order valence-electron chi connectivity index (χ4n) is 2.19. The Morgan fingerprint density at radius 1 is 1.14 bits per heavy atom. The molecule has 1 heterocycles. The summed E-state index contributed by atoms with van der Waals surface area (Å²) in [5.41, 5.74) is 3.32. The lowest BCUT2D eigenvalue weighted by Gasteiger charge is -2.10. The van der Waals surface area contributed by atoms with Crippen LogP contribution < -0.4 is 4.74 Å². The van der Waals surface area contributed by atoms with Gasteiger partial charge in [0.1, 0.15) is 5.75 Å².